The number of hydrogen-bond donors (Lipinski definition) is 1. The maximum Gasteiger partial charge on any atom is 0.203 e. The first-order chi connectivity index (χ1) is 12.0. The van der Waals surface area contributed by atoms with Crippen LogP contribution in [0.4, 0.5) is 0 Å². The predicted molar refractivity (Wildman–Crippen MR) is 108 cm³/mol. The highest BCUT2D eigenvalue weighted by molar-refractivity contribution is 5.53. The van der Waals surface area contributed by atoms with E-state index in [0.29, 0.717) is 17.2 Å². The lowest BCUT2D eigenvalue weighted by Crippen LogP contribution is -2.04. The van der Waals surface area contributed by atoms with Gasteiger partial charge in [0.25, 0.3) is 0 Å². The van der Waals surface area contributed by atoms with E-state index in [0.717, 1.165) is 12.0 Å². The second-order valence-electron chi connectivity index (χ2n) is 5.99. The van der Waals surface area contributed by atoms with Gasteiger partial charge >= 0.3 is 0 Å². The number of aliphatic hydroxyl groups is 1. The maximum absolute atomic E-state index is 9.60. The monoisotopic (exact) mass is 362 g/mol. The van der Waals surface area contributed by atoms with E-state index in [4.69, 9.17) is 14.2 Å². The van der Waals surface area contributed by atoms with Crippen molar-refractivity contribution in [3.05, 3.63) is 53.6 Å². The standard InChI is InChI=1S/C11H16O3.C10H14O.CH4/c1-5-8-6-9(12-2)11(14-4)10(7-8)13-3;1-8(2)10(11)9-6-4-3-5-7-9;/h6-7H,5H2,1-4H3;3-8,10-11H,1-2H3;1H4. The number of methoxy groups -OCH3 is 3. The van der Waals surface area contributed by atoms with Crippen molar-refractivity contribution in [1.82, 2.24) is 0 Å². The van der Waals surface area contributed by atoms with Gasteiger partial charge in [-0.05, 0) is 35.6 Å². The van der Waals surface area contributed by atoms with Crippen LogP contribution >= 0.6 is 0 Å². The molecule has 0 aliphatic rings. The molecule has 0 aliphatic carbocycles. The number of benzene rings is 2. The smallest absolute Gasteiger partial charge is 0.203 e. The van der Waals surface area contributed by atoms with Crippen LogP contribution in [0.1, 0.15) is 45.4 Å². The highest BCUT2D eigenvalue weighted by Crippen LogP contribution is 2.38. The third-order valence-electron chi connectivity index (χ3n) is 3.91. The van der Waals surface area contributed by atoms with Crippen molar-refractivity contribution in [1.29, 1.82) is 0 Å². The molecule has 0 saturated heterocycles. The summed E-state index contributed by atoms with van der Waals surface area (Å²) in [4.78, 5) is 0. The minimum Gasteiger partial charge on any atom is -0.493 e. The van der Waals surface area contributed by atoms with Gasteiger partial charge < -0.3 is 19.3 Å². The van der Waals surface area contributed by atoms with Crippen molar-refractivity contribution in [3.63, 3.8) is 0 Å². The molecule has 1 N–H and O–H groups in total. The third kappa shape index (κ3) is 6.60. The molecular formula is C22H34O4. The number of aryl methyl sites for hydroxylation is 1. The summed E-state index contributed by atoms with van der Waals surface area (Å²) < 4.78 is 15.6. The van der Waals surface area contributed by atoms with Crippen LogP contribution in [-0.4, -0.2) is 26.4 Å². The van der Waals surface area contributed by atoms with Gasteiger partial charge in [0.15, 0.2) is 11.5 Å². The van der Waals surface area contributed by atoms with Crippen molar-refractivity contribution < 1.29 is 19.3 Å². The Bertz CT molecular complexity index is 598. The molecule has 1 unspecified atom stereocenters. The predicted octanol–water partition coefficient (Wildman–Crippen LogP) is 5.29. The van der Waals surface area contributed by atoms with E-state index >= 15 is 0 Å². The van der Waals surface area contributed by atoms with E-state index in [9.17, 15) is 5.11 Å². The zero-order chi connectivity index (χ0) is 18.8. The summed E-state index contributed by atoms with van der Waals surface area (Å²) >= 11 is 0. The summed E-state index contributed by atoms with van der Waals surface area (Å²) in [5.41, 5.74) is 2.17. The molecule has 146 valence electrons. The van der Waals surface area contributed by atoms with Crippen molar-refractivity contribution in [2.45, 2.75) is 40.7 Å². The van der Waals surface area contributed by atoms with Gasteiger partial charge in [-0.1, -0.05) is 58.5 Å². The second kappa shape index (κ2) is 12.2. The molecule has 0 amide bonds. The number of hydrogen-bond acceptors (Lipinski definition) is 4. The molecule has 2 aromatic carbocycles. The van der Waals surface area contributed by atoms with Crippen LogP contribution in [0.3, 0.4) is 0 Å². The van der Waals surface area contributed by atoms with Crippen LogP contribution in [0.25, 0.3) is 0 Å². The van der Waals surface area contributed by atoms with Crippen LogP contribution < -0.4 is 14.2 Å². The minimum absolute atomic E-state index is 0. The molecule has 0 fully saturated rings. The molecule has 0 heterocycles. The largest absolute Gasteiger partial charge is 0.493 e. The van der Waals surface area contributed by atoms with Gasteiger partial charge in [0.1, 0.15) is 0 Å². The molecule has 0 spiro atoms. The first-order valence-electron chi connectivity index (χ1n) is 8.50. The van der Waals surface area contributed by atoms with Gasteiger partial charge in [0.05, 0.1) is 27.4 Å². The highest BCUT2D eigenvalue weighted by atomic mass is 16.5. The first-order valence-corrected chi connectivity index (χ1v) is 8.50. The highest BCUT2D eigenvalue weighted by Gasteiger charge is 2.12. The molecule has 26 heavy (non-hydrogen) atoms. The van der Waals surface area contributed by atoms with Crippen LogP contribution in [0.5, 0.6) is 17.2 Å². The van der Waals surface area contributed by atoms with Gasteiger partial charge in [0, 0.05) is 0 Å². The Hall–Kier alpha value is -2.20. The van der Waals surface area contributed by atoms with Crippen molar-refractivity contribution in [3.8, 4) is 17.2 Å². The Kier molecular flexibility index (Phi) is 11.2. The van der Waals surface area contributed by atoms with Crippen molar-refractivity contribution in [2.24, 2.45) is 5.92 Å². The quantitative estimate of drug-likeness (QED) is 0.759. The Labute approximate surface area is 158 Å². The summed E-state index contributed by atoms with van der Waals surface area (Å²) in [5, 5.41) is 9.60. The van der Waals surface area contributed by atoms with Crippen LogP contribution in [0.15, 0.2) is 42.5 Å². The van der Waals surface area contributed by atoms with Gasteiger partial charge in [-0.15, -0.1) is 0 Å². The lowest BCUT2D eigenvalue weighted by atomic mass is 10.00. The van der Waals surface area contributed by atoms with Crippen molar-refractivity contribution >= 4 is 0 Å². The molecule has 0 aliphatic heterocycles. The molecule has 0 saturated carbocycles. The van der Waals surface area contributed by atoms with E-state index in [1.54, 1.807) is 21.3 Å². The summed E-state index contributed by atoms with van der Waals surface area (Å²) in [7, 11) is 4.85. The summed E-state index contributed by atoms with van der Waals surface area (Å²) in [6.07, 6.45) is 0.618. The maximum atomic E-state index is 9.60. The zero-order valence-electron chi connectivity index (χ0n) is 16.1. The fourth-order valence-corrected chi connectivity index (χ4v) is 2.37. The summed E-state index contributed by atoms with van der Waals surface area (Å²) in [6.45, 7) is 6.11. The molecule has 0 radical (unpaired) electrons. The van der Waals surface area contributed by atoms with Crippen LogP contribution in [0.2, 0.25) is 0 Å². The van der Waals surface area contributed by atoms with Gasteiger partial charge in [-0.3, -0.25) is 0 Å². The summed E-state index contributed by atoms with van der Waals surface area (Å²) in [5.74, 6) is 2.36. The fraction of sp³-hybridized carbons (Fsp3) is 0.455. The van der Waals surface area contributed by atoms with Crippen LogP contribution in [0, 0.1) is 5.92 Å². The fourth-order valence-electron chi connectivity index (χ4n) is 2.37. The molecule has 1 atom stereocenters. The average Bonchev–Trinajstić information content (AvgIpc) is 2.67. The lowest BCUT2D eigenvalue weighted by Gasteiger charge is -2.13. The average molecular weight is 363 g/mol. The van der Waals surface area contributed by atoms with E-state index in [1.807, 2.05) is 56.3 Å². The molecule has 0 bridgehead atoms. The molecule has 0 aromatic heterocycles. The van der Waals surface area contributed by atoms with Crippen LogP contribution in [-0.2, 0) is 6.42 Å². The number of rotatable bonds is 6. The molecule has 4 heteroatoms. The third-order valence-corrected chi connectivity index (χ3v) is 3.91. The van der Waals surface area contributed by atoms with Crippen molar-refractivity contribution in [2.75, 3.05) is 21.3 Å². The van der Waals surface area contributed by atoms with Gasteiger partial charge in [0.2, 0.25) is 5.75 Å². The molecule has 4 nitrogen and oxygen atoms in total. The molecule has 2 aromatic rings. The van der Waals surface area contributed by atoms with Gasteiger partial charge in [-0.25, -0.2) is 0 Å². The number of aliphatic hydroxyl groups excluding tert-OH is 1. The molecule has 2 rings (SSSR count). The van der Waals surface area contributed by atoms with Gasteiger partial charge in [-0.2, -0.15) is 0 Å². The SMILES string of the molecule is C.CC(C)C(O)c1ccccc1.CCc1cc(OC)c(OC)c(OC)c1. The van der Waals surface area contributed by atoms with E-state index in [2.05, 4.69) is 6.92 Å². The van der Waals surface area contributed by atoms with E-state index in [1.165, 1.54) is 5.56 Å². The second-order valence-corrected chi connectivity index (χ2v) is 5.99. The zero-order valence-corrected chi connectivity index (χ0v) is 16.1. The van der Waals surface area contributed by atoms with E-state index in [-0.39, 0.29) is 19.4 Å². The first kappa shape index (κ1) is 23.8. The van der Waals surface area contributed by atoms with E-state index < -0.39 is 0 Å². The topological polar surface area (TPSA) is 47.9 Å². The minimum atomic E-state index is -0.323. The lowest BCUT2D eigenvalue weighted by molar-refractivity contribution is 0.127. The normalized spacial score (nSPS) is 10.9. The molecular weight excluding hydrogens is 328 g/mol. The number of ether oxygens (including phenoxy) is 3. The summed E-state index contributed by atoms with van der Waals surface area (Å²) in [6, 6.07) is 13.7. The Morgan fingerprint density at radius 3 is 1.73 bits per heavy atom. The Morgan fingerprint density at radius 1 is 0.885 bits per heavy atom. The Morgan fingerprint density at radius 2 is 1.38 bits per heavy atom. The Balaban J connectivity index is 0.000000475.